The predicted molar refractivity (Wildman–Crippen MR) is 195 cm³/mol. The Bertz CT molecular complexity index is 2320. The Balaban J connectivity index is 1.38. The summed E-state index contributed by atoms with van der Waals surface area (Å²) in [6, 6.07) is 39.5. The van der Waals surface area contributed by atoms with E-state index in [4.69, 9.17) is 0 Å². The van der Waals surface area contributed by atoms with Gasteiger partial charge < -0.3 is 14.4 Å². The molecule has 0 aliphatic rings. The van der Waals surface area contributed by atoms with Crippen LogP contribution in [0.1, 0.15) is 5.56 Å². The van der Waals surface area contributed by atoms with Crippen molar-refractivity contribution in [3.63, 3.8) is 0 Å². The van der Waals surface area contributed by atoms with Crippen LogP contribution in [0.25, 0.3) is 27.5 Å². The van der Waals surface area contributed by atoms with Crippen LogP contribution in [-0.4, -0.2) is 4.57 Å². The van der Waals surface area contributed by atoms with Crippen molar-refractivity contribution in [3.05, 3.63) is 187 Å². The third-order valence-corrected chi connectivity index (χ3v) is 9.04. The lowest BCUT2D eigenvalue weighted by Gasteiger charge is -2.26. The zero-order chi connectivity index (χ0) is 36.9. The second kappa shape index (κ2) is 13.2. The highest BCUT2D eigenvalue weighted by molar-refractivity contribution is 6.12. The molecule has 0 bridgehead atoms. The Morgan fingerprint density at radius 1 is 0.358 bits per heavy atom. The summed E-state index contributed by atoms with van der Waals surface area (Å²) in [5, 5.41) is 1.43. The molecule has 0 atom stereocenters. The molecular weight excluding hydrogens is 691 g/mol. The van der Waals surface area contributed by atoms with Crippen LogP contribution in [0.4, 0.5) is 64.9 Å². The molecule has 0 saturated heterocycles. The first-order valence-corrected chi connectivity index (χ1v) is 16.4. The van der Waals surface area contributed by atoms with Gasteiger partial charge in [0.1, 0.15) is 23.3 Å². The fraction of sp³-hybridized carbons (Fsp3) is 0.0233. The molecule has 0 radical (unpaired) electrons. The topological polar surface area (TPSA) is 11.4 Å². The van der Waals surface area contributed by atoms with E-state index < -0.39 is 35.0 Å². The first kappa shape index (κ1) is 33.6. The molecular formula is C43H26F7N3. The van der Waals surface area contributed by atoms with Crippen LogP contribution in [0.15, 0.2) is 158 Å². The number of alkyl halides is 3. The molecule has 8 rings (SSSR count). The second-order valence-corrected chi connectivity index (χ2v) is 12.4. The van der Waals surface area contributed by atoms with Crippen molar-refractivity contribution in [2.45, 2.75) is 6.18 Å². The average molecular weight is 718 g/mol. The first-order chi connectivity index (χ1) is 25.5. The third kappa shape index (κ3) is 6.44. The summed E-state index contributed by atoms with van der Waals surface area (Å²) in [5.41, 5.74) is 4.74. The van der Waals surface area contributed by atoms with Crippen molar-refractivity contribution in [2.24, 2.45) is 0 Å². The summed E-state index contributed by atoms with van der Waals surface area (Å²) < 4.78 is 98.8. The van der Waals surface area contributed by atoms with E-state index in [9.17, 15) is 30.7 Å². The van der Waals surface area contributed by atoms with Crippen LogP contribution in [0.3, 0.4) is 0 Å². The molecule has 0 amide bonds. The lowest BCUT2D eigenvalue weighted by molar-refractivity contribution is -0.137. The summed E-state index contributed by atoms with van der Waals surface area (Å²) in [4.78, 5) is 3.68. The van der Waals surface area contributed by atoms with Gasteiger partial charge in [0, 0.05) is 50.6 Å². The highest BCUT2D eigenvalue weighted by Gasteiger charge is 2.30. The summed E-state index contributed by atoms with van der Waals surface area (Å²) in [6.07, 6.45) is -4.52. The molecule has 1 heterocycles. The molecule has 0 spiro atoms. The van der Waals surface area contributed by atoms with Crippen molar-refractivity contribution in [3.8, 4) is 5.69 Å². The smallest absolute Gasteiger partial charge is 0.310 e. The molecule has 7 aromatic carbocycles. The molecule has 0 saturated carbocycles. The van der Waals surface area contributed by atoms with Gasteiger partial charge in [-0.3, -0.25) is 0 Å². The zero-order valence-electron chi connectivity index (χ0n) is 27.5. The molecule has 3 nitrogen and oxygen atoms in total. The summed E-state index contributed by atoms with van der Waals surface area (Å²) in [6.45, 7) is 0. The summed E-state index contributed by atoms with van der Waals surface area (Å²) in [7, 11) is 0. The fourth-order valence-electron chi connectivity index (χ4n) is 6.61. The number of rotatable bonds is 7. The van der Waals surface area contributed by atoms with Crippen molar-refractivity contribution in [2.75, 3.05) is 9.80 Å². The number of fused-ring (bicyclic) bond motifs is 3. The standard InChI is InChI=1S/C43H26F7N3/c44-28-3-13-32(14-4-28)51(33-15-5-29(45)6-16-33)37-21-23-41-39(25-37)40-26-38(22-24-42(40)53(41)36-11-1-27(2-12-36)43(48,49)50)52(34-17-7-30(46)8-18-34)35-19-9-31(47)10-20-35/h1-26H. The molecule has 0 N–H and O–H groups in total. The van der Waals surface area contributed by atoms with E-state index in [-0.39, 0.29) is 0 Å². The number of halogens is 7. The molecule has 0 fully saturated rings. The molecule has 262 valence electrons. The number of benzene rings is 7. The van der Waals surface area contributed by atoms with Crippen LogP contribution in [-0.2, 0) is 6.18 Å². The minimum atomic E-state index is -4.52. The van der Waals surface area contributed by atoms with Crippen LogP contribution in [0, 0.1) is 23.3 Å². The maximum Gasteiger partial charge on any atom is 0.416 e. The van der Waals surface area contributed by atoms with E-state index in [1.54, 1.807) is 48.5 Å². The number of anilines is 6. The average Bonchev–Trinajstić information content (AvgIpc) is 3.48. The maximum atomic E-state index is 14.1. The van der Waals surface area contributed by atoms with E-state index in [0.29, 0.717) is 61.6 Å². The van der Waals surface area contributed by atoms with E-state index in [1.165, 1.54) is 60.7 Å². The van der Waals surface area contributed by atoms with Crippen molar-refractivity contribution in [1.29, 1.82) is 0 Å². The SMILES string of the molecule is Fc1ccc(N(c2ccc(F)cc2)c2ccc3c(c2)c2cc(N(c4ccc(F)cc4)c4ccc(F)cc4)ccc2n3-c2ccc(C(F)(F)F)cc2)cc1. The normalized spacial score (nSPS) is 11.7. The van der Waals surface area contributed by atoms with Crippen molar-refractivity contribution < 1.29 is 30.7 Å². The number of hydrogen-bond donors (Lipinski definition) is 0. The van der Waals surface area contributed by atoms with Gasteiger partial charge in [-0.25, -0.2) is 17.6 Å². The highest BCUT2D eigenvalue weighted by Crippen LogP contribution is 2.43. The largest absolute Gasteiger partial charge is 0.416 e. The highest BCUT2D eigenvalue weighted by atomic mass is 19.4. The predicted octanol–water partition coefficient (Wildman–Crippen LogP) is 13.3. The Labute approximate surface area is 299 Å². The van der Waals surface area contributed by atoms with E-state index in [0.717, 1.165) is 12.1 Å². The van der Waals surface area contributed by atoms with Crippen molar-refractivity contribution in [1.82, 2.24) is 4.57 Å². The first-order valence-electron chi connectivity index (χ1n) is 16.4. The number of hydrogen-bond acceptors (Lipinski definition) is 2. The summed E-state index contributed by atoms with van der Waals surface area (Å²) in [5.74, 6) is -1.71. The number of nitrogens with zero attached hydrogens (tertiary/aromatic N) is 3. The molecule has 1 aromatic heterocycles. The molecule has 10 heteroatoms. The molecule has 0 aliphatic heterocycles. The van der Waals surface area contributed by atoms with Gasteiger partial charge in [0.15, 0.2) is 0 Å². The lowest BCUT2D eigenvalue weighted by Crippen LogP contribution is -2.10. The van der Waals surface area contributed by atoms with Crippen LogP contribution < -0.4 is 9.80 Å². The van der Waals surface area contributed by atoms with Crippen LogP contribution in [0.2, 0.25) is 0 Å². The van der Waals surface area contributed by atoms with Gasteiger partial charge in [0.25, 0.3) is 0 Å². The Morgan fingerprint density at radius 2 is 0.660 bits per heavy atom. The van der Waals surface area contributed by atoms with Crippen molar-refractivity contribution >= 4 is 55.9 Å². The minimum absolute atomic E-state index is 0.428. The van der Waals surface area contributed by atoms with E-state index >= 15 is 0 Å². The fourth-order valence-corrected chi connectivity index (χ4v) is 6.61. The second-order valence-electron chi connectivity index (χ2n) is 12.4. The van der Waals surface area contributed by atoms with Gasteiger partial charge >= 0.3 is 6.18 Å². The van der Waals surface area contributed by atoms with Gasteiger partial charge in [0.2, 0.25) is 0 Å². The quantitative estimate of drug-likeness (QED) is 0.152. The number of aromatic nitrogens is 1. The van der Waals surface area contributed by atoms with E-state index in [2.05, 4.69) is 0 Å². The molecule has 0 unspecified atom stereocenters. The Hall–Kier alpha value is -6.55. The zero-order valence-corrected chi connectivity index (χ0v) is 27.5. The van der Waals surface area contributed by atoms with E-state index in [1.807, 2.05) is 50.8 Å². The minimum Gasteiger partial charge on any atom is -0.310 e. The van der Waals surface area contributed by atoms with Gasteiger partial charge in [-0.1, -0.05) is 0 Å². The van der Waals surface area contributed by atoms with Gasteiger partial charge in [-0.15, -0.1) is 0 Å². The van der Waals surface area contributed by atoms with Gasteiger partial charge in [-0.2, -0.15) is 13.2 Å². The molecule has 8 aromatic rings. The lowest BCUT2D eigenvalue weighted by atomic mass is 10.1. The molecule has 53 heavy (non-hydrogen) atoms. The van der Waals surface area contributed by atoms with Gasteiger partial charge in [-0.05, 0) is 158 Å². The Morgan fingerprint density at radius 3 is 0.962 bits per heavy atom. The maximum absolute atomic E-state index is 14.1. The monoisotopic (exact) mass is 717 g/mol. The van der Waals surface area contributed by atoms with Crippen LogP contribution >= 0.6 is 0 Å². The summed E-state index contributed by atoms with van der Waals surface area (Å²) >= 11 is 0. The third-order valence-electron chi connectivity index (χ3n) is 9.04. The Kier molecular flexibility index (Phi) is 8.37. The molecule has 0 aliphatic carbocycles. The van der Waals surface area contributed by atoms with Gasteiger partial charge in [0.05, 0.1) is 16.6 Å². The van der Waals surface area contributed by atoms with Crippen LogP contribution in [0.5, 0.6) is 0 Å².